The number of ether oxygens (including phenoxy) is 1. The van der Waals surface area contributed by atoms with Crippen LogP contribution in [0.25, 0.3) is 0 Å². The number of amides is 2. The van der Waals surface area contributed by atoms with Crippen LogP contribution < -0.4 is 20.1 Å². The topological polar surface area (TPSA) is 114 Å². The fourth-order valence-corrected chi connectivity index (χ4v) is 3.77. The number of urea groups is 1. The lowest BCUT2D eigenvalue weighted by molar-refractivity contribution is 0.237. The van der Waals surface area contributed by atoms with Gasteiger partial charge in [-0.05, 0) is 42.4 Å². The fourth-order valence-electron chi connectivity index (χ4n) is 3.04. The molecule has 1 aromatic heterocycles. The Balaban J connectivity index is 1.72. The van der Waals surface area contributed by atoms with E-state index in [1.54, 1.807) is 25.4 Å². The summed E-state index contributed by atoms with van der Waals surface area (Å²) in [5.41, 5.74) is 1.59. The van der Waals surface area contributed by atoms with Gasteiger partial charge in [0.1, 0.15) is 17.6 Å². The standard InChI is InChI=1S/C21H25N5O4S/c1-22-31(28,29)18-9-7-15(8-10-18)14-24-21(27)25-19(20-23-11-12-26(20)2)16-5-4-6-17(13-16)30-3/h4-13,19,22H,14H2,1-3H3,(H2,24,25,27). The number of carbonyl (C=O) groups is 1. The third kappa shape index (κ3) is 5.41. The Hall–Kier alpha value is -3.37. The highest BCUT2D eigenvalue weighted by molar-refractivity contribution is 7.89. The van der Waals surface area contributed by atoms with Crippen LogP contribution in [0.1, 0.15) is 23.0 Å². The maximum Gasteiger partial charge on any atom is 0.315 e. The molecule has 3 rings (SSSR count). The summed E-state index contributed by atoms with van der Waals surface area (Å²) < 4.78 is 33.0. The lowest BCUT2D eigenvalue weighted by Crippen LogP contribution is -2.38. The average Bonchev–Trinajstić information content (AvgIpc) is 3.21. The molecule has 164 valence electrons. The van der Waals surface area contributed by atoms with Crippen molar-refractivity contribution in [2.75, 3.05) is 14.2 Å². The van der Waals surface area contributed by atoms with E-state index in [2.05, 4.69) is 20.3 Å². The number of hydrogen-bond acceptors (Lipinski definition) is 5. The Labute approximate surface area is 181 Å². The lowest BCUT2D eigenvalue weighted by Gasteiger charge is -2.20. The minimum absolute atomic E-state index is 0.163. The summed E-state index contributed by atoms with van der Waals surface area (Å²) in [7, 11) is 1.30. The molecule has 1 atom stereocenters. The van der Waals surface area contributed by atoms with Crippen molar-refractivity contribution in [1.82, 2.24) is 24.9 Å². The molecule has 0 saturated carbocycles. The monoisotopic (exact) mass is 443 g/mol. The molecule has 0 fully saturated rings. The van der Waals surface area contributed by atoms with Gasteiger partial charge in [0.15, 0.2) is 0 Å². The molecule has 1 heterocycles. The van der Waals surface area contributed by atoms with Crippen LogP contribution in [0.3, 0.4) is 0 Å². The summed E-state index contributed by atoms with van der Waals surface area (Å²) in [5, 5.41) is 5.75. The minimum atomic E-state index is -3.50. The molecule has 0 spiro atoms. The van der Waals surface area contributed by atoms with Crippen LogP contribution in [0, 0.1) is 0 Å². The smallest absolute Gasteiger partial charge is 0.315 e. The number of imidazole rings is 1. The predicted octanol–water partition coefficient (Wildman–Crippen LogP) is 1.93. The molecule has 3 N–H and O–H groups in total. The highest BCUT2D eigenvalue weighted by atomic mass is 32.2. The van der Waals surface area contributed by atoms with Gasteiger partial charge in [-0.3, -0.25) is 0 Å². The van der Waals surface area contributed by atoms with Gasteiger partial charge in [-0.25, -0.2) is 22.9 Å². The molecule has 0 bridgehead atoms. The number of methoxy groups -OCH3 is 1. The number of rotatable bonds is 8. The Morgan fingerprint density at radius 2 is 1.94 bits per heavy atom. The first-order valence-corrected chi connectivity index (χ1v) is 11.0. The van der Waals surface area contributed by atoms with E-state index in [1.807, 2.05) is 42.1 Å². The second-order valence-corrected chi connectivity index (χ2v) is 8.67. The molecular formula is C21H25N5O4S. The van der Waals surface area contributed by atoms with E-state index in [9.17, 15) is 13.2 Å². The van der Waals surface area contributed by atoms with Crippen molar-refractivity contribution in [3.05, 3.63) is 77.9 Å². The molecule has 9 nitrogen and oxygen atoms in total. The van der Waals surface area contributed by atoms with Crippen LogP contribution in [0.15, 0.2) is 65.8 Å². The van der Waals surface area contributed by atoms with Crippen molar-refractivity contribution in [3.63, 3.8) is 0 Å². The van der Waals surface area contributed by atoms with E-state index in [0.717, 1.165) is 11.1 Å². The summed E-state index contributed by atoms with van der Waals surface area (Å²) in [6.07, 6.45) is 3.48. The van der Waals surface area contributed by atoms with Crippen molar-refractivity contribution < 1.29 is 17.9 Å². The van der Waals surface area contributed by atoms with Gasteiger partial charge in [0, 0.05) is 26.0 Å². The molecule has 0 aliphatic rings. The Morgan fingerprint density at radius 3 is 2.55 bits per heavy atom. The van der Waals surface area contributed by atoms with E-state index in [-0.39, 0.29) is 17.5 Å². The van der Waals surface area contributed by atoms with Crippen LogP contribution in [-0.2, 0) is 23.6 Å². The van der Waals surface area contributed by atoms with E-state index in [1.165, 1.54) is 19.2 Å². The van der Waals surface area contributed by atoms with Crippen LogP contribution in [0.5, 0.6) is 5.75 Å². The molecule has 0 aliphatic heterocycles. The second-order valence-electron chi connectivity index (χ2n) is 6.78. The van der Waals surface area contributed by atoms with E-state index < -0.39 is 16.1 Å². The number of aromatic nitrogens is 2. The summed E-state index contributed by atoms with van der Waals surface area (Å²) in [4.78, 5) is 17.2. The SMILES string of the molecule is CNS(=O)(=O)c1ccc(CNC(=O)NC(c2cccc(OC)c2)c2nccn2C)cc1. The Morgan fingerprint density at radius 1 is 1.19 bits per heavy atom. The number of aryl methyl sites for hydroxylation is 1. The molecule has 0 radical (unpaired) electrons. The largest absolute Gasteiger partial charge is 0.497 e. The molecule has 0 aliphatic carbocycles. The highest BCUT2D eigenvalue weighted by Crippen LogP contribution is 2.24. The summed E-state index contributed by atoms with van der Waals surface area (Å²) in [6.45, 7) is 0.233. The molecular weight excluding hydrogens is 418 g/mol. The lowest BCUT2D eigenvalue weighted by atomic mass is 10.1. The van der Waals surface area contributed by atoms with Crippen molar-refractivity contribution in [3.8, 4) is 5.75 Å². The number of carbonyl (C=O) groups excluding carboxylic acids is 1. The summed E-state index contributed by atoms with van der Waals surface area (Å²) in [5.74, 6) is 1.35. The molecule has 0 saturated heterocycles. The zero-order valence-electron chi connectivity index (χ0n) is 17.5. The van der Waals surface area contributed by atoms with Crippen LogP contribution >= 0.6 is 0 Å². The van der Waals surface area contributed by atoms with E-state index >= 15 is 0 Å². The first-order chi connectivity index (χ1) is 14.8. The predicted molar refractivity (Wildman–Crippen MR) is 116 cm³/mol. The third-order valence-electron chi connectivity index (χ3n) is 4.77. The third-order valence-corrected chi connectivity index (χ3v) is 6.20. The first kappa shape index (κ1) is 22.3. The normalized spacial score (nSPS) is 12.2. The molecule has 10 heteroatoms. The number of hydrogen-bond donors (Lipinski definition) is 3. The molecule has 2 aromatic carbocycles. The van der Waals surface area contributed by atoms with Crippen molar-refractivity contribution >= 4 is 16.1 Å². The van der Waals surface area contributed by atoms with Crippen LogP contribution in [0.2, 0.25) is 0 Å². The summed E-state index contributed by atoms with van der Waals surface area (Å²) in [6, 6.07) is 12.8. The zero-order chi connectivity index (χ0) is 22.4. The maximum absolute atomic E-state index is 12.6. The quantitative estimate of drug-likeness (QED) is 0.492. The molecule has 2 amide bonds. The van der Waals surface area contributed by atoms with Gasteiger partial charge >= 0.3 is 6.03 Å². The Kier molecular flexibility index (Phi) is 6.93. The summed E-state index contributed by atoms with van der Waals surface area (Å²) >= 11 is 0. The van der Waals surface area contributed by atoms with Gasteiger partial charge in [-0.1, -0.05) is 24.3 Å². The van der Waals surface area contributed by atoms with Gasteiger partial charge in [0.25, 0.3) is 0 Å². The van der Waals surface area contributed by atoms with Crippen LogP contribution in [-0.4, -0.2) is 38.2 Å². The van der Waals surface area contributed by atoms with E-state index in [4.69, 9.17) is 4.74 Å². The van der Waals surface area contributed by atoms with Crippen molar-refractivity contribution in [1.29, 1.82) is 0 Å². The van der Waals surface area contributed by atoms with Crippen LogP contribution in [0.4, 0.5) is 4.79 Å². The maximum atomic E-state index is 12.6. The number of sulfonamides is 1. The van der Waals surface area contributed by atoms with E-state index in [0.29, 0.717) is 11.6 Å². The minimum Gasteiger partial charge on any atom is -0.497 e. The molecule has 1 unspecified atom stereocenters. The molecule has 3 aromatic rings. The number of benzene rings is 2. The second kappa shape index (κ2) is 9.63. The van der Waals surface area contributed by atoms with Gasteiger partial charge in [0.2, 0.25) is 10.0 Å². The first-order valence-electron chi connectivity index (χ1n) is 9.52. The molecule has 31 heavy (non-hydrogen) atoms. The van der Waals surface area contributed by atoms with Gasteiger partial charge in [-0.2, -0.15) is 0 Å². The fraction of sp³-hybridized carbons (Fsp3) is 0.238. The Bertz CT molecular complexity index is 1140. The number of nitrogens with zero attached hydrogens (tertiary/aromatic N) is 2. The van der Waals surface area contributed by atoms with Crippen molar-refractivity contribution in [2.45, 2.75) is 17.5 Å². The number of nitrogens with one attached hydrogen (secondary N) is 3. The van der Waals surface area contributed by atoms with Gasteiger partial charge in [0.05, 0.1) is 12.0 Å². The van der Waals surface area contributed by atoms with Gasteiger partial charge in [-0.15, -0.1) is 0 Å². The average molecular weight is 444 g/mol. The zero-order valence-corrected chi connectivity index (χ0v) is 18.3. The van der Waals surface area contributed by atoms with Gasteiger partial charge < -0.3 is 19.9 Å². The highest BCUT2D eigenvalue weighted by Gasteiger charge is 2.21. The van der Waals surface area contributed by atoms with Crippen molar-refractivity contribution in [2.24, 2.45) is 7.05 Å².